The van der Waals surface area contributed by atoms with Gasteiger partial charge >= 0.3 is 5.97 Å². The zero-order valence-electron chi connectivity index (χ0n) is 26.2. The predicted octanol–water partition coefficient (Wildman–Crippen LogP) is 7.84. The van der Waals surface area contributed by atoms with E-state index in [2.05, 4.69) is 11.9 Å². The molecule has 1 aromatic heterocycles. The number of ether oxygens (including phenoxy) is 3. The average Bonchev–Trinajstić information content (AvgIpc) is 3.53. The van der Waals surface area contributed by atoms with Crippen molar-refractivity contribution in [3.63, 3.8) is 0 Å². The maximum atomic E-state index is 13.4. The van der Waals surface area contributed by atoms with E-state index in [1.54, 1.807) is 37.3 Å². The molecule has 0 spiro atoms. The Labute approximate surface area is 286 Å². The van der Waals surface area contributed by atoms with Crippen molar-refractivity contribution in [3.05, 3.63) is 91.7 Å². The van der Waals surface area contributed by atoms with E-state index in [1.807, 2.05) is 25.1 Å². The fourth-order valence-electron chi connectivity index (χ4n) is 5.41. The van der Waals surface area contributed by atoms with Gasteiger partial charge in [0.15, 0.2) is 11.5 Å². The molecule has 3 aromatic rings. The zero-order valence-corrected chi connectivity index (χ0v) is 28.6. The summed E-state index contributed by atoms with van der Waals surface area (Å²) in [7, 11) is 0. The number of anilines is 1. The summed E-state index contributed by atoms with van der Waals surface area (Å²) in [5.74, 6) is -0.605. The number of fused-ring (bicyclic) bond motifs is 1. The van der Waals surface area contributed by atoms with Gasteiger partial charge in [0.05, 0.1) is 23.7 Å². The van der Waals surface area contributed by atoms with Gasteiger partial charge in [-0.25, -0.2) is 4.79 Å². The summed E-state index contributed by atoms with van der Waals surface area (Å²) in [4.78, 5) is 54.4. The van der Waals surface area contributed by atoms with Gasteiger partial charge in [-0.05, 0) is 105 Å². The molecule has 1 N–H and O–H groups in total. The SMILES string of the molecule is C=CCc1cc(/C=C2/SC(=O)N(CC(=O)Nc3sc4c(c3C(=O)OCC)CCCC4)C2=O)cc(OCC)c1OCc1ccc(Cl)cc1. The molecule has 0 atom stereocenters. The van der Waals surface area contributed by atoms with E-state index in [0.29, 0.717) is 45.7 Å². The number of hydrogen-bond donors (Lipinski definition) is 1. The van der Waals surface area contributed by atoms with Crippen molar-refractivity contribution in [1.29, 1.82) is 0 Å². The molecular formula is C35H35ClN2O7S2. The highest BCUT2D eigenvalue weighted by Crippen LogP contribution is 2.40. The molecule has 3 amide bonds. The van der Waals surface area contributed by atoms with Crippen LogP contribution in [0.3, 0.4) is 0 Å². The second-order valence-corrected chi connectivity index (χ2v) is 13.3. The molecule has 5 rings (SSSR count). The molecule has 0 radical (unpaired) electrons. The highest BCUT2D eigenvalue weighted by atomic mass is 35.5. The molecular weight excluding hydrogens is 660 g/mol. The molecule has 0 bridgehead atoms. The Hall–Kier alpha value is -4.06. The number of carbonyl (C=O) groups excluding carboxylic acids is 4. The van der Waals surface area contributed by atoms with Gasteiger partial charge in [-0.1, -0.05) is 29.8 Å². The fraction of sp³-hybridized carbons (Fsp3) is 0.314. The summed E-state index contributed by atoms with van der Waals surface area (Å²) in [5.41, 5.74) is 3.63. The van der Waals surface area contributed by atoms with E-state index in [9.17, 15) is 19.2 Å². The van der Waals surface area contributed by atoms with E-state index in [4.69, 9.17) is 25.8 Å². The van der Waals surface area contributed by atoms with Crippen LogP contribution in [0.25, 0.3) is 6.08 Å². The summed E-state index contributed by atoms with van der Waals surface area (Å²) >= 11 is 8.12. The molecule has 2 aromatic carbocycles. The lowest BCUT2D eigenvalue weighted by molar-refractivity contribution is -0.127. The number of hydrogen-bond acceptors (Lipinski definition) is 9. The van der Waals surface area contributed by atoms with Crippen LogP contribution in [0, 0.1) is 0 Å². The summed E-state index contributed by atoms with van der Waals surface area (Å²) < 4.78 is 17.4. The highest BCUT2D eigenvalue weighted by molar-refractivity contribution is 8.18. The number of allylic oxidation sites excluding steroid dienone is 1. The first-order chi connectivity index (χ1) is 22.7. The number of halogens is 1. The number of rotatable bonds is 13. The number of nitrogens with zero attached hydrogens (tertiary/aromatic N) is 1. The maximum Gasteiger partial charge on any atom is 0.341 e. The third kappa shape index (κ3) is 8.09. The number of benzene rings is 2. The quantitative estimate of drug-likeness (QED) is 0.109. The molecule has 9 nitrogen and oxygen atoms in total. The Morgan fingerprint density at radius 1 is 1.06 bits per heavy atom. The molecule has 0 unspecified atom stereocenters. The number of thiophene rings is 1. The number of imide groups is 1. The summed E-state index contributed by atoms with van der Waals surface area (Å²) in [6, 6.07) is 11.0. The Morgan fingerprint density at radius 2 is 1.83 bits per heavy atom. The number of carbonyl (C=O) groups is 4. The minimum absolute atomic E-state index is 0.170. The molecule has 47 heavy (non-hydrogen) atoms. The van der Waals surface area contributed by atoms with Gasteiger partial charge in [0.2, 0.25) is 5.91 Å². The lowest BCUT2D eigenvalue weighted by Crippen LogP contribution is -2.36. The largest absolute Gasteiger partial charge is 0.490 e. The predicted molar refractivity (Wildman–Crippen MR) is 186 cm³/mol. The van der Waals surface area contributed by atoms with E-state index >= 15 is 0 Å². The fourth-order valence-corrected chi connectivity index (χ4v) is 7.67. The van der Waals surface area contributed by atoms with E-state index < -0.39 is 29.6 Å². The van der Waals surface area contributed by atoms with E-state index in [-0.39, 0.29) is 18.1 Å². The van der Waals surface area contributed by atoms with Crippen molar-refractivity contribution < 1.29 is 33.4 Å². The van der Waals surface area contributed by atoms with E-state index in [0.717, 1.165) is 63.9 Å². The van der Waals surface area contributed by atoms with Gasteiger partial charge in [-0.15, -0.1) is 17.9 Å². The van der Waals surface area contributed by atoms with Crippen molar-refractivity contribution in [1.82, 2.24) is 4.90 Å². The molecule has 1 fully saturated rings. The van der Waals surface area contributed by atoms with Crippen molar-refractivity contribution in [2.24, 2.45) is 0 Å². The zero-order chi connectivity index (χ0) is 33.5. The van der Waals surface area contributed by atoms with Gasteiger partial charge in [0, 0.05) is 15.5 Å². The lowest BCUT2D eigenvalue weighted by atomic mass is 9.95. The molecule has 0 saturated carbocycles. The Balaban J connectivity index is 1.34. The van der Waals surface area contributed by atoms with Crippen LogP contribution in [0.2, 0.25) is 5.02 Å². The van der Waals surface area contributed by atoms with Crippen LogP contribution < -0.4 is 14.8 Å². The van der Waals surface area contributed by atoms with Crippen molar-refractivity contribution in [2.75, 3.05) is 25.1 Å². The van der Waals surface area contributed by atoms with Crippen LogP contribution in [0.5, 0.6) is 11.5 Å². The van der Waals surface area contributed by atoms with Crippen LogP contribution in [0.4, 0.5) is 9.80 Å². The maximum absolute atomic E-state index is 13.4. The van der Waals surface area contributed by atoms with Crippen LogP contribution in [0.15, 0.2) is 54.0 Å². The topological polar surface area (TPSA) is 111 Å². The van der Waals surface area contributed by atoms with Crippen molar-refractivity contribution in [3.8, 4) is 11.5 Å². The smallest absolute Gasteiger partial charge is 0.341 e. The van der Waals surface area contributed by atoms with Crippen molar-refractivity contribution >= 4 is 68.8 Å². The minimum atomic E-state index is -0.586. The Kier molecular flexibility index (Phi) is 11.4. The van der Waals surface area contributed by atoms with Gasteiger partial charge in [-0.3, -0.25) is 19.3 Å². The van der Waals surface area contributed by atoms with Crippen LogP contribution in [-0.2, 0) is 40.2 Å². The Morgan fingerprint density at radius 3 is 2.55 bits per heavy atom. The molecule has 2 heterocycles. The molecule has 1 aliphatic heterocycles. The molecule has 12 heteroatoms. The van der Waals surface area contributed by atoms with E-state index in [1.165, 1.54) is 11.3 Å². The number of esters is 1. The number of amides is 3. The number of thioether (sulfide) groups is 1. The standard InChI is InChI=1S/C35H35ClN2O7S2/c1-4-9-23-16-22(17-26(43-5-2)31(23)45-20-21-12-14-24(36)15-13-21)18-28-33(40)38(35(42)47-28)19-29(39)37-32-30(34(41)44-6-3)25-10-7-8-11-27(25)46-32/h4,12-18H,1,5-11,19-20H2,2-3H3,(H,37,39)/b28-18+. The second kappa shape index (κ2) is 15.7. The van der Waals surface area contributed by atoms with Crippen molar-refractivity contribution in [2.45, 2.75) is 52.6 Å². The third-order valence-corrected chi connectivity index (χ3v) is 9.86. The van der Waals surface area contributed by atoms with Gasteiger partial charge < -0.3 is 19.5 Å². The van der Waals surface area contributed by atoms with Crippen LogP contribution >= 0.6 is 34.7 Å². The second-order valence-electron chi connectivity index (χ2n) is 10.8. The number of nitrogens with one attached hydrogen (secondary N) is 1. The van der Waals surface area contributed by atoms with Gasteiger partial charge in [0.25, 0.3) is 11.1 Å². The molecule has 1 saturated heterocycles. The molecule has 246 valence electrons. The first-order valence-electron chi connectivity index (χ1n) is 15.4. The summed E-state index contributed by atoms with van der Waals surface area (Å²) in [5, 5.41) is 3.23. The minimum Gasteiger partial charge on any atom is -0.490 e. The molecule has 2 aliphatic rings. The number of aryl methyl sites for hydroxylation is 1. The summed E-state index contributed by atoms with van der Waals surface area (Å²) in [6.07, 6.45) is 7.34. The van der Waals surface area contributed by atoms with Gasteiger partial charge in [0.1, 0.15) is 18.2 Å². The van der Waals surface area contributed by atoms with Gasteiger partial charge in [-0.2, -0.15) is 0 Å². The average molecular weight is 695 g/mol. The molecule has 1 aliphatic carbocycles. The van der Waals surface area contributed by atoms with Crippen LogP contribution in [-0.4, -0.2) is 47.7 Å². The highest BCUT2D eigenvalue weighted by Gasteiger charge is 2.37. The summed E-state index contributed by atoms with van der Waals surface area (Å²) in [6.45, 7) is 7.84. The van der Waals surface area contributed by atoms with Crippen LogP contribution in [0.1, 0.15) is 64.2 Å². The first-order valence-corrected chi connectivity index (χ1v) is 17.4. The normalized spacial score (nSPS) is 15.0. The third-order valence-electron chi connectivity index (χ3n) is 7.49. The monoisotopic (exact) mass is 694 g/mol. The Bertz CT molecular complexity index is 1730. The lowest BCUT2D eigenvalue weighted by Gasteiger charge is -2.17. The first kappa shape index (κ1) is 34.3.